The molecule has 1 saturated heterocycles. The summed E-state index contributed by atoms with van der Waals surface area (Å²) in [5.41, 5.74) is 5.79. The molecular formula is C10H17N3O2S. The number of nitriles is 1. The molecule has 0 aromatic rings. The fraction of sp³-hybridized carbons (Fsp3) is 0.800. The first-order valence-electron chi connectivity index (χ1n) is 5.23. The minimum Gasteiger partial charge on any atom is -0.360 e. The maximum absolute atomic E-state index is 11.9. The van der Waals surface area contributed by atoms with E-state index >= 15 is 0 Å². The quantitative estimate of drug-likeness (QED) is 0.741. The van der Waals surface area contributed by atoms with E-state index in [1.807, 2.05) is 12.3 Å². The number of carbonyl (C=O) groups excluding carboxylic acids is 1. The number of nitrogens with zero attached hydrogens (tertiary/aromatic N) is 2. The topological polar surface area (TPSA) is 79.3 Å². The minimum atomic E-state index is -0.509. The third-order valence-corrected chi connectivity index (χ3v) is 3.12. The van der Waals surface area contributed by atoms with Crippen molar-refractivity contribution in [2.24, 2.45) is 5.73 Å². The molecule has 0 spiro atoms. The summed E-state index contributed by atoms with van der Waals surface area (Å²) in [6.07, 6.45) is 2.15. The van der Waals surface area contributed by atoms with Crippen molar-refractivity contribution >= 4 is 17.7 Å². The molecule has 6 heteroatoms. The molecule has 0 aromatic carbocycles. The molecule has 16 heavy (non-hydrogen) atoms. The summed E-state index contributed by atoms with van der Waals surface area (Å²) in [6, 6.07) is 1.56. The fourth-order valence-corrected chi connectivity index (χ4v) is 2.02. The van der Waals surface area contributed by atoms with Gasteiger partial charge < -0.3 is 15.4 Å². The second-order valence-corrected chi connectivity index (χ2v) is 4.65. The maximum atomic E-state index is 11.9. The number of carbonyl (C=O) groups is 1. The predicted octanol–water partition coefficient (Wildman–Crippen LogP) is -0.182. The summed E-state index contributed by atoms with van der Waals surface area (Å²) in [5, 5.41) is 8.72. The Kier molecular flexibility index (Phi) is 5.60. The Hall–Kier alpha value is -0.770. The lowest BCUT2D eigenvalue weighted by Crippen LogP contribution is -2.51. The zero-order valence-electron chi connectivity index (χ0n) is 9.39. The third kappa shape index (κ3) is 3.67. The number of amides is 1. The average molecular weight is 243 g/mol. The number of rotatable bonds is 4. The van der Waals surface area contributed by atoms with Gasteiger partial charge in [0.05, 0.1) is 25.3 Å². The van der Waals surface area contributed by atoms with Crippen LogP contribution in [0.5, 0.6) is 0 Å². The molecule has 5 nitrogen and oxygen atoms in total. The maximum Gasteiger partial charge on any atom is 0.239 e. The van der Waals surface area contributed by atoms with Crippen molar-refractivity contribution in [2.45, 2.75) is 18.6 Å². The number of hydrogen-bond donors (Lipinski definition) is 1. The van der Waals surface area contributed by atoms with Crippen LogP contribution in [0.4, 0.5) is 0 Å². The second-order valence-electron chi connectivity index (χ2n) is 3.66. The van der Waals surface area contributed by atoms with Crippen molar-refractivity contribution in [3.63, 3.8) is 0 Å². The van der Waals surface area contributed by atoms with E-state index in [-0.39, 0.29) is 5.91 Å². The van der Waals surface area contributed by atoms with Crippen LogP contribution < -0.4 is 5.73 Å². The number of nitrogens with two attached hydrogens (primary N) is 1. The molecule has 0 aromatic heterocycles. The number of thioether (sulfide) groups is 1. The lowest BCUT2D eigenvalue weighted by molar-refractivity contribution is -0.138. The molecule has 0 aliphatic carbocycles. The first-order valence-corrected chi connectivity index (χ1v) is 6.63. The van der Waals surface area contributed by atoms with Gasteiger partial charge in [0.2, 0.25) is 5.91 Å². The van der Waals surface area contributed by atoms with Crippen LogP contribution in [-0.2, 0) is 9.53 Å². The van der Waals surface area contributed by atoms with E-state index in [2.05, 4.69) is 0 Å². The van der Waals surface area contributed by atoms with Crippen LogP contribution in [0.2, 0.25) is 0 Å². The van der Waals surface area contributed by atoms with Gasteiger partial charge >= 0.3 is 0 Å². The standard InChI is InChI=1S/C10H17N3O2S/c1-16-5-2-9(12)10(14)13-3-4-15-8(6-11)7-13/h8-9H,2-5,7,12H2,1H3/t8?,9-/m1/s1. The van der Waals surface area contributed by atoms with Crippen molar-refractivity contribution < 1.29 is 9.53 Å². The van der Waals surface area contributed by atoms with Gasteiger partial charge in [-0.3, -0.25) is 4.79 Å². The summed E-state index contributed by atoms with van der Waals surface area (Å²) in [7, 11) is 0. The molecule has 0 saturated carbocycles. The highest BCUT2D eigenvalue weighted by Crippen LogP contribution is 2.08. The van der Waals surface area contributed by atoms with Gasteiger partial charge in [0.1, 0.15) is 0 Å². The van der Waals surface area contributed by atoms with Crippen LogP contribution in [-0.4, -0.2) is 54.7 Å². The molecule has 90 valence electrons. The SMILES string of the molecule is CSCC[C@@H](N)C(=O)N1CCOC(C#N)C1. The highest BCUT2D eigenvalue weighted by atomic mass is 32.2. The van der Waals surface area contributed by atoms with Gasteiger partial charge in [-0.25, -0.2) is 0 Å². The van der Waals surface area contributed by atoms with E-state index in [1.54, 1.807) is 16.7 Å². The Balaban J connectivity index is 2.43. The Morgan fingerprint density at radius 3 is 3.19 bits per heavy atom. The molecule has 1 aliphatic heterocycles. The van der Waals surface area contributed by atoms with Crippen molar-refractivity contribution in [1.82, 2.24) is 4.90 Å². The second kappa shape index (κ2) is 6.74. The van der Waals surface area contributed by atoms with Crippen molar-refractivity contribution in [3.8, 4) is 6.07 Å². The summed E-state index contributed by atoms with van der Waals surface area (Å²) in [4.78, 5) is 13.5. The molecule has 2 atom stereocenters. The highest BCUT2D eigenvalue weighted by Gasteiger charge is 2.27. The molecule has 1 rings (SSSR count). The lowest BCUT2D eigenvalue weighted by atomic mass is 10.2. The highest BCUT2D eigenvalue weighted by molar-refractivity contribution is 7.98. The largest absolute Gasteiger partial charge is 0.360 e. The Labute approximate surface area is 99.9 Å². The molecule has 1 unspecified atom stereocenters. The van der Waals surface area contributed by atoms with E-state index in [4.69, 9.17) is 15.7 Å². The van der Waals surface area contributed by atoms with E-state index in [9.17, 15) is 4.79 Å². The van der Waals surface area contributed by atoms with Gasteiger partial charge in [0.25, 0.3) is 0 Å². The molecule has 0 bridgehead atoms. The smallest absolute Gasteiger partial charge is 0.239 e. The van der Waals surface area contributed by atoms with E-state index < -0.39 is 12.1 Å². The lowest BCUT2D eigenvalue weighted by Gasteiger charge is -2.31. The van der Waals surface area contributed by atoms with E-state index in [1.165, 1.54) is 0 Å². The molecule has 2 N–H and O–H groups in total. The molecule has 1 amide bonds. The predicted molar refractivity (Wildman–Crippen MR) is 62.9 cm³/mol. The molecule has 0 radical (unpaired) electrons. The summed E-state index contributed by atoms with van der Waals surface area (Å²) < 4.78 is 5.17. The summed E-state index contributed by atoms with van der Waals surface area (Å²) in [5.74, 6) is 0.802. The van der Waals surface area contributed by atoms with Gasteiger partial charge in [-0.05, 0) is 18.4 Å². The molecule has 1 fully saturated rings. The fourth-order valence-electron chi connectivity index (χ4n) is 1.53. The first-order chi connectivity index (χ1) is 7.69. The van der Waals surface area contributed by atoms with Crippen LogP contribution in [0.15, 0.2) is 0 Å². The van der Waals surface area contributed by atoms with Crippen LogP contribution in [0, 0.1) is 11.3 Å². The molecule has 1 aliphatic rings. The van der Waals surface area contributed by atoms with Crippen LogP contribution in [0.1, 0.15) is 6.42 Å². The van der Waals surface area contributed by atoms with Crippen LogP contribution >= 0.6 is 11.8 Å². The number of morpholine rings is 1. The van der Waals surface area contributed by atoms with Gasteiger partial charge in [-0.1, -0.05) is 0 Å². The molecular weight excluding hydrogens is 226 g/mol. The zero-order valence-corrected chi connectivity index (χ0v) is 10.2. The zero-order chi connectivity index (χ0) is 12.0. The third-order valence-electron chi connectivity index (χ3n) is 2.47. The molecule has 1 heterocycles. The van der Waals surface area contributed by atoms with E-state index in [0.29, 0.717) is 26.1 Å². The van der Waals surface area contributed by atoms with E-state index in [0.717, 1.165) is 5.75 Å². The number of hydrogen-bond acceptors (Lipinski definition) is 5. The van der Waals surface area contributed by atoms with Crippen molar-refractivity contribution in [2.75, 3.05) is 31.7 Å². The monoisotopic (exact) mass is 243 g/mol. The summed E-state index contributed by atoms with van der Waals surface area (Å²) >= 11 is 1.67. The average Bonchev–Trinajstić information content (AvgIpc) is 2.35. The number of ether oxygens (including phenoxy) is 1. The Bertz CT molecular complexity index is 280. The van der Waals surface area contributed by atoms with Gasteiger partial charge in [-0.2, -0.15) is 17.0 Å². The van der Waals surface area contributed by atoms with Crippen LogP contribution in [0.25, 0.3) is 0 Å². The van der Waals surface area contributed by atoms with Crippen LogP contribution in [0.3, 0.4) is 0 Å². The Morgan fingerprint density at radius 1 is 1.81 bits per heavy atom. The van der Waals surface area contributed by atoms with Gasteiger partial charge in [-0.15, -0.1) is 0 Å². The van der Waals surface area contributed by atoms with Gasteiger partial charge in [0, 0.05) is 6.54 Å². The van der Waals surface area contributed by atoms with Crippen molar-refractivity contribution in [1.29, 1.82) is 5.26 Å². The Morgan fingerprint density at radius 2 is 2.56 bits per heavy atom. The van der Waals surface area contributed by atoms with Crippen molar-refractivity contribution in [3.05, 3.63) is 0 Å². The first kappa shape index (κ1) is 13.3. The minimum absolute atomic E-state index is 0.0717. The normalized spacial score (nSPS) is 22.6. The van der Waals surface area contributed by atoms with Gasteiger partial charge in [0.15, 0.2) is 6.10 Å². The summed E-state index contributed by atoms with van der Waals surface area (Å²) in [6.45, 7) is 1.28.